The van der Waals surface area contributed by atoms with Crippen LogP contribution in [0.2, 0.25) is 0 Å². The Morgan fingerprint density at radius 1 is 1.47 bits per heavy atom. The third-order valence-corrected chi connectivity index (χ3v) is 4.14. The molecule has 2 rings (SSSR count). The van der Waals surface area contributed by atoms with Crippen molar-refractivity contribution in [3.05, 3.63) is 0 Å². The van der Waals surface area contributed by atoms with Crippen molar-refractivity contribution in [3.63, 3.8) is 0 Å². The third kappa shape index (κ3) is 1.40. The first-order chi connectivity index (χ1) is 6.67. The first kappa shape index (κ1) is 11.5. The maximum absolute atomic E-state index is 12.0. The minimum atomic E-state index is -1.18. The number of amides is 1. The number of aliphatic hydroxyl groups is 1. The van der Waals surface area contributed by atoms with Crippen LogP contribution in [-0.2, 0) is 4.79 Å². The Balaban J connectivity index is 2.09. The number of hydrogen-bond donors (Lipinski definition) is 1. The molecule has 0 radical (unpaired) electrons. The first-order valence-electron chi connectivity index (χ1n) is 5.04. The monoisotopic (exact) mass is 251 g/mol. The zero-order valence-corrected chi connectivity index (χ0v) is 10.5. The van der Waals surface area contributed by atoms with Crippen LogP contribution >= 0.6 is 23.2 Å². The summed E-state index contributed by atoms with van der Waals surface area (Å²) in [4.78, 5) is 13.6. The summed E-state index contributed by atoms with van der Waals surface area (Å²) < 4.78 is -1.18. The number of alkyl halides is 2. The summed E-state index contributed by atoms with van der Waals surface area (Å²) in [5, 5.41) is 9.57. The van der Waals surface area contributed by atoms with Crippen molar-refractivity contribution < 1.29 is 9.90 Å². The SMILES string of the molecule is CC(C)(C)C(=O)N1C[C@H]2C(O)C(Cl)(Cl)[C@H]21. The molecule has 2 fully saturated rings. The number of carbonyl (C=O) groups excluding carboxylic acids is 1. The molecule has 5 heteroatoms. The van der Waals surface area contributed by atoms with Crippen molar-refractivity contribution in [2.24, 2.45) is 11.3 Å². The van der Waals surface area contributed by atoms with Gasteiger partial charge in [0.05, 0.1) is 12.1 Å². The number of halogens is 2. The lowest BCUT2D eigenvalue weighted by atomic mass is 9.66. The van der Waals surface area contributed by atoms with Crippen molar-refractivity contribution in [1.29, 1.82) is 0 Å². The average molecular weight is 252 g/mol. The average Bonchev–Trinajstić information content (AvgIpc) is 1.99. The molecule has 0 aromatic rings. The molecular weight excluding hydrogens is 237 g/mol. The molecule has 1 unspecified atom stereocenters. The van der Waals surface area contributed by atoms with Crippen LogP contribution in [0.4, 0.5) is 0 Å². The topological polar surface area (TPSA) is 40.5 Å². The predicted octanol–water partition coefficient (Wildman–Crippen LogP) is 1.41. The molecule has 1 saturated heterocycles. The van der Waals surface area contributed by atoms with Crippen LogP contribution in [0.15, 0.2) is 0 Å². The van der Waals surface area contributed by atoms with E-state index in [2.05, 4.69) is 0 Å². The van der Waals surface area contributed by atoms with Gasteiger partial charge in [-0.1, -0.05) is 44.0 Å². The molecular formula is C10H15Cl2NO2. The van der Waals surface area contributed by atoms with Gasteiger partial charge in [-0.05, 0) is 0 Å². The van der Waals surface area contributed by atoms with Gasteiger partial charge in [0.2, 0.25) is 5.91 Å². The smallest absolute Gasteiger partial charge is 0.228 e. The highest BCUT2D eigenvalue weighted by molar-refractivity contribution is 6.50. The Hall–Kier alpha value is 0.01000. The number of nitrogens with zero attached hydrogens (tertiary/aromatic N) is 1. The Morgan fingerprint density at radius 3 is 2.40 bits per heavy atom. The lowest BCUT2D eigenvalue weighted by molar-refractivity contribution is -0.186. The van der Waals surface area contributed by atoms with Crippen LogP contribution < -0.4 is 0 Å². The van der Waals surface area contributed by atoms with E-state index in [0.29, 0.717) is 6.54 Å². The van der Waals surface area contributed by atoms with E-state index >= 15 is 0 Å². The van der Waals surface area contributed by atoms with Gasteiger partial charge in [-0.25, -0.2) is 0 Å². The van der Waals surface area contributed by atoms with E-state index in [1.54, 1.807) is 4.90 Å². The van der Waals surface area contributed by atoms with Gasteiger partial charge in [0.15, 0.2) is 4.33 Å². The Labute approximate surface area is 99.3 Å². The standard InChI is InChI=1S/C10H15Cl2NO2/c1-9(2,3)8(15)13-4-5-6(13)10(11,12)7(5)14/h5-7,14H,4H2,1-3H3/t5-,6+,7?/m1/s1. The second kappa shape index (κ2) is 3.02. The second-order valence-electron chi connectivity index (χ2n) is 5.44. The molecule has 0 bridgehead atoms. The summed E-state index contributed by atoms with van der Waals surface area (Å²) in [6, 6.07) is -0.206. The van der Waals surface area contributed by atoms with Gasteiger partial charge in [0, 0.05) is 17.9 Å². The molecule has 0 spiro atoms. The Kier molecular flexibility index (Phi) is 2.32. The zero-order chi connectivity index (χ0) is 11.6. The van der Waals surface area contributed by atoms with Crippen LogP contribution in [0.5, 0.6) is 0 Å². The van der Waals surface area contributed by atoms with E-state index in [1.807, 2.05) is 20.8 Å². The number of aliphatic hydroxyl groups excluding tert-OH is 1. The molecule has 0 aromatic heterocycles. The van der Waals surface area contributed by atoms with E-state index in [1.165, 1.54) is 0 Å². The fourth-order valence-corrected chi connectivity index (χ4v) is 3.16. The number of rotatable bonds is 0. The van der Waals surface area contributed by atoms with Crippen molar-refractivity contribution in [2.75, 3.05) is 6.54 Å². The van der Waals surface area contributed by atoms with Gasteiger partial charge in [-0.3, -0.25) is 4.79 Å². The molecule has 3 nitrogen and oxygen atoms in total. The van der Waals surface area contributed by atoms with Crippen molar-refractivity contribution >= 4 is 29.1 Å². The van der Waals surface area contributed by atoms with E-state index in [0.717, 1.165) is 0 Å². The van der Waals surface area contributed by atoms with Crippen LogP contribution in [0, 0.1) is 11.3 Å². The number of piperidine rings is 1. The summed E-state index contributed by atoms with van der Waals surface area (Å²) in [5.74, 6) is 0.104. The fourth-order valence-electron chi connectivity index (χ4n) is 2.28. The molecule has 1 aliphatic carbocycles. The van der Waals surface area contributed by atoms with Gasteiger partial charge in [-0.2, -0.15) is 0 Å². The lowest BCUT2D eigenvalue weighted by Gasteiger charge is -2.65. The molecule has 0 aromatic carbocycles. The number of hydrogen-bond acceptors (Lipinski definition) is 2. The molecule has 3 atom stereocenters. The molecule has 1 aliphatic heterocycles. The normalized spacial score (nSPS) is 37.7. The van der Waals surface area contributed by atoms with Crippen LogP contribution in [0.1, 0.15) is 20.8 Å². The summed E-state index contributed by atoms with van der Waals surface area (Å²) in [6.45, 7) is 6.16. The number of likely N-dealkylation sites (tertiary alicyclic amines) is 1. The molecule has 2 aliphatic rings. The van der Waals surface area contributed by atoms with Gasteiger partial charge < -0.3 is 10.0 Å². The molecule has 1 amide bonds. The van der Waals surface area contributed by atoms with Crippen LogP contribution in [0.3, 0.4) is 0 Å². The van der Waals surface area contributed by atoms with Crippen LogP contribution in [0.25, 0.3) is 0 Å². The molecule has 1 saturated carbocycles. The highest BCUT2D eigenvalue weighted by atomic mass is 35.5. The first-order valence-corrected chi connectivity index (χ1v) is 5.80. The van der Waals surface area contributed by atoms with E-state index in [4.69, 9.17) is 23.2 Å². The second-order valence-corrected chi connectivity index (χ2v) is 6.88. The summed E-state index contributed by atoms with van der Waals surface area (Å²) in [7, 11) is 0. The highest BCUT2D eigenvalue weighted by Gasteiger charge is 2.70. The summed E-state index contributed by atoms with van der Waals surface area (Å²) >= 11 is 11.9. The van der Waals surface area contributed by atoms with E-state index in [-0.39, 0.29) is 17.9 Å². The lowest BCUT2D eigenvalue weighted by Crippen LogP contribution is -2.81. The van der Waals surface area contributed by atoms with E-state index < -0.39 is 15.9 Å². The van der Waals surface area contributed by atoms with Crippen molar-refractivity contribution in [3.8, 4) is 0 Å². The molecule has 1 N–H and O–H groups in total. The Morgan fingerprint density at radius 2 is 2.00 bits per heavy atom. The number of carbonyl (C=O) groups is 1. The minimum Gasteiger partial charge on any atom is -0.389 e. The molecule has 15 heavy (non-hydrogen) atoms. The van der Waals surface area contributed by atoms with Gasteiger partial charge in [0.1, 0.15) is 0 Å². The zero-order valence-electron chi connectivity index (χ0n) is 9.00. The molecule has 1 heterocycles. The minimum absolute atomic E-state index is 0.0429. The summed E-state index contributed by atoms with van der Waals surface area (Å²) in [6.07, 6.45) is -0.699. The Bertz CT molecular complexity index is 311. The van der Waals surface area contributed by atoms with Crippen LogP contribution in [-0.4, -0.2) is 38.9 Å². The van der Waals surface area contributed by atoms with Gasteiger partial charge >= 0.3 is 0 Å². The van der Waals surface area contributed by atoms with Crippen molar-refractivity contribution in [1.82, 2.24) is 4.90 Å². The largest absolute Gasteiger partial charge is 0.389 e. The van der Waals surface area contributed by atoms with Gasteiger partial charge in [0.25, 0.3) is 0 Å². The highest BCUT2D eigenvalue weighted by Crippen LogP contribution is 2.56. The number of fused-ring (bicyclic) bond motifs is 1. The van der Waals surface area contributed by atoms with Crippen molar-refractivity contribution in [2.45, 2.75) is 37.3 Å². The molecule has 86 valence electrons. The van der Waals surface area contributed by atoms with Gasteiger partial charge in [-0.15, -0.1) is 0 Å². The maximum atomic E-state index is 12.0. The predicted molar refractivity (Wildman–Crippen MR) is 58.9 cm³/mol. The fraction of sp³-hybridized carbons (Fsp3) is 0.900. The quantitative estimate of drug-likeness (QED) is 0.662. The maximum Gasteiger partial charge on any atom is 0.228 e. The summed E-state index contributed by atoms with van der Waals surface area (Å²) in [5.41, 5.74) is -0.421. The third-order valence-electron chi connectivity index (χ3n) is 3.25. The van der Waals surface area contributed by atoms with E-state index in [9.17, 15) is 9.90 Å².